The molecule has 4 aromatic rings. The molecule has 0 aliphatic heterocycles. The molecule has 4 rings (SSSR count). The third kappa shape index (κ3) is 2.26. The van der Waals surface area contributed by atoms with Crippen LogP contribution in [0.15, 0.2) is 54.7 Å². The molecule has 5 nitrogen and oxygen atoms in total. The smallest absolute Gasteiger partial charge is 0.180 e. The van der Waals surface area contributed by atoms with Crippen molar-refractivity contribution in [3.8, 4) is 17.0 Å². The van der Waals surface area contributed by atoms with Crippen molar-refractivity contribution in [2.24, 2.45) is 0 Å². The van der Waals surface area contributed by atoms with Crippen molar-refractivity contribution >= 4 is 22.5 Å². The van der Waals surface area contributed by atoms with Gasteiger partial charge in [-0.05, 0) is 31.2 Å². The Hall–Kier alpha value is -3.08. The zero-order chi connectivity index (χ0) is 15.8. The number of para-hydroxylation sites is 2. The number of fused-ring (bicyclic) bond motifs is 3. The quantitative estimate of drug-likeness (QED) is 0.629. The van der Waals surface area contributed by atoms with Crippen LogP contribution in [0.1, 0.15) is 6.92 Å². The lowest BCUT2D eigenvalue weighted by Gasteiger charge is -2.03. The van der Waals surface area contributed by atoms with Crippen molar-refractivity contribution in [3.05, 3.63) is 54.7 Å². The molecule has 2 aromatic heterocycles. The van der Waals surface area contributed by atoms with Crippen molar-refractivity contribution in [3.63, 3.8) is 0 Å². The molecule has 0 aliphatic carbocycles. The van der Waals surface area contributed by atoms with Gasteiger partial charge in [0.1, 0.15) is 5.75 Å². The maximum atomic E-state index is 6.07. The number of nitrogens with two attached hydrogens (primary N) is 1. The van der Waals surface area contributed by atoms with E-state index in [0.29, 0.717) is 18.1 Å². The van der Waals surface area contributed by atoms with Gasteiger partial charge in [-0.25, -0.2) is 9.97 Å². The third-order valence-corrected chi connectivity index (χ3v) is 3.76. The van der Waals surface area contributed by atoms with Crippen LogP contribution in [0.2, 0.25) is 0 Å². The van der Waals surface area contributed by atoms with Crippen LogP contribution in [0.3, 0.4) is 0 Å². The molecular weight excluding hydrogens is 288 g/mol. The van der Waals surface area contributed by atoms with Gasteiger partial charge in [0.25, 0.3) is 0 Å². The molecule has 2 N–H and O–H groups in total. The summed E-state index contributed by atoms with van der Waals surface area (Å²) in [5.74, 6) is 1.26. The summed E-state index contributed by atoms with van der Waals surface area (Å²) in [5, 5.41) is 0. The average molecular weight is 304 g/mol. The van der Waals surface area contributed by atoms with E-state index >= 15 is 0 Å². The number of imidazole rings is 1. The number of aromatic nitrogens is 3. The fraction of sp³-hybridized carbons (Fsp3) is 0.111. The maximum Gasteiger partial charge on any atom is 0.180 e. The van der Waals surface area contributed by atoms with Gasteiger partial charge in [0.05, 0.1) is 23.3 Å². The fourth-order valence-electron chi connectivity index (χ4n) is 2.74. The standard InChI is InChI=1S/C18H16N4O/c1-2-23-13-7-5-6-12(10-13)15-11-22-16-9-4-3-8-14(16)20-17(19)18(22)21-15/h3-11H,2H2,1H3,(H2,19,20). The SMILES string of the molecule is CCOc1cccc(-c2cn3c(n2)c(N)nc2ccccc23)c1. The van der Waals surface area contributed by atoms with E-state index in [0.717, 1.165) is 28.0 Å². The lowest BCUT2D eigenvalue weighted by Crippen LogP contribution is -1.97. The average Bonchev–Trinajstić information content (AvgIpc) is 3.02. The van der Waals surface area contributed by atoms with Gasteiger partial charge in [0.15, 0.2) is 11.5 Å². The monoisotopic (exact) mass is 304 g/mol. The molecule has 2 heterocycles. The molecule has 5 heteroatoms. The Balaban J connectivity index is 1.93. The third-order valence-electron chi connectivity index (χ3n) is 3.76. The number of rotatable bonds is 3. The molecule has 0 radical (unpaired) electrons. The summed E-state index contributed by atoms with van der Waals surface area (Å²) in [7, 11) is 0. The number of hydrogen-bond donors (Lipinski definition) is 1. The summed E-state index contributed by atoms with van der Waals surface area (Å²) in [6.45, 7) is 2.60. The molecule has 0 saturated heterocycles. The minimum atomic E-state index is 0.427. The van der Waals surface area contributed by atoms with E-state index in [9.17, 15) is 0 Å². The van der Waals surface area contributed by atoms with E-state index in [-0.39, 0.29) is 0 Å². The van der Waals surface area contributed by atoms with E-state index < -0.39 is 0 Å². The maximum absolute atomic E-state index is 6.07. The largest absolute Gasteiger partial charge is 0.494 e. The van der Waals surface area contributed by atoms with E-state index in [1.807, 2.05) is 66.1 Å². The molecule has 0 aliphatic rings. The number of benzene rings is 2. The zero-order valence-electron chi connectivity index (χ0n) is 12.7. The molecule has 0 fully saturated rings. The summed E-state index contributed by atoms with van der Waals surface area (Å²) in [6, 6.07) is 15.8. The summed E-state index contributed by atoms with van der Waals surface area (Å²) in [6.07, 6.45) is 1.99. The minimum absolute atomic E-state index is 0.427. The Kier molecular flexibility index (Phi) is 3.12. The highest BCUT2D eigenvalue weighted by Gasteiger charge is 2.11. The topological polar surface area (TPSA) is 65.4 Å². The van der Waals surface area contributed by atoms with E-state index in [1.165, 1.54) is 0 Å². The number of ether oxygens (including phenoxy) is 1. The lowest BCUT2D eigenvalue weighted by molar-refractivity contribution is 0.340. The van der Waals surface area contributed by atoms with Gasteiger partial charge in [-0.3, -0.25) is 4.40 Å². The van der Waals surface area contributed by atoms with E-state index in [1.54, 1.807) is 0 Å². The van der Waals surface area contributed by atoms with Gasteiger partial charge in [0.2, 0.25) is 0 Å². The van der Waals surface area contributed by atoms with Crippen LogP contribution in [0.5, 0.6) is 5.75 Å². The zero-order valence-corrected chi connectivity index (χ0v) is 12.7. The van der Waals surface area contributed by atoms with Gasteiger partial charge in [-0.15, -0.1) is 0 Å². The molecule has 0 amide bonds. The number of hydrogen-bond acceptors (Lipinski definition) is 4. The highest BCUT2D eigenvalue weighted by Crippen LogP contribution is 2.27. The molecule has 23 heavy (non-hydrogen) atoms. The van der Waals surface area contributed by atoms with Crippen LogP contribution < -0.4 is 10.5 Å². The second kappa shape index (κ2) is 5.28. The second-order valence-corrected chi connectivity index (χ2v) is 5.27. The second-order valence-electron chi connectivity index (χ2n) is 5.27. The first-order chi connectivity index (χ1) is 11.3. The summed E-state index contributed by atoms with van der Waals surface area (Å²) < 4.78 is 7.55. The first-order valence-electron chi connectivity index (χ1n) is 7.53. The van der Waals surface area contributed by atoms with E-state index in [2.05, 4.69) is 9.97 Å². The predicted molar refractivity (Wildman–Crippen MR) is 91.5 cm³/mol. The Morgan fingerprint density at radius 1 is 1.09 bits per heavy atom. The van der Waals surface area contributed by atoms with Crippen LogP contribution in [-0.4, -0.2) is 21.0 Å². The lowest BCUT2D eigenvalue weighted by atomic mass is 10.1. The first-order valence-corrected chi connectivity index (χ1v) is 7.53. The van der Waals surface area contributed by atoms with Crippen LogP contribution in [0.25, 0.3) is 27.9 Å². The fourth-order valence-corrected chi connectivity index (χ4v) is 2.74. The van der Waals surface area contributed by atoms with Crippen LogP contribution in [0, 0.1) is 0 Å². The van der Waals surface area contributed by atoms with Gasteiger partial charge in [0, 0.05) is 11.8 Å². The van der Waals surface area contributed by atoms with Gasteiger partial charge in [-0.2, -0.15) is 0 Å². The predicted octanol–water partition coefficient (Wildman–Crippen LogP) is 3.53. The molecule has 0 spiro atoms. The van der Waals surface area contributed by atoms with Crippen molar-refractivity contribution < 1.29 is 4.74 Å². The summed E-state index contributed by atoms with van der Waals surface area (Å²) >= 11 is 0. The molecule has 0 unspecified atom stereocenters. The van der Waals surface area contributed by atoms with Crippen LogP contribution >= 0.6 is 0 Å². The van der Waals surface area contributed by atoms with Gasteiger partial charge in [-0.1, -0.05) is 24.3 Å². The highest BCUT2D eigenvalue weighted by molar-refractivity contribution is 5.83. The number of anilines is 1. The van der Waals surface area contributed by atoms with Gasteiger partial charge < -0.3 is 10.5 Å². The Morgan fingerprint density at radius 2 is 1.96 bits per heavy atom. The molecule has 114 valence electrons. The molecule has 2 aromatic carbocycles. The molecule has 0 bridgehead atoms. The molecular formula is C18H16N4O. The summed E-state index contributed by atoms with van der Waals surface area (Å²) in [4.78, 5) is 9.08. The minimum Gasteiger partial charge on any atom is -0.494 e. The Labute approximate surface area is 133 Å². The Morgan fingerprint density at radius 3 is 2.83 bits per heavy atom. The molecule has 0 atom stereocenters. The van der Waals surface area contributed by atoms with Crippen LogP contribution in [0.4, 0.5) is 5.82 Å². The van der Waals surface area contributed by atoms with E-state index in [4.69, 9.17) is 10.5 Å². The van der Waals surface area contributed by atoms with Crippen LogP contribution in [-0.2, 0) is 0 Å². The number of nitrogens with zero attached hydrogens (tertiary/aromatic N) is 3. The number of nitrogen functional groups attached to an aromatic ring is 1. The van der Waals surface area contributed by atoms with Gasteiger partial charge >= 0.3 is 0 Å². The Bertz CT molecular complexity index is 1010. The molecule has 0 saturated carbocycles. The first kappa shape index (κ1) is 13.6. The van der Waals surface area contributed by atoms with Crippen molar-refractivity contribution in [1.29, 1.82) is 0 Å². The normalized spacial score (nSPS) is 11.2. The van der Waals surface area contributed by atoms with Crippen molar-refractivity contribution in [1.82, 2.24) is 14.4 Å². The summed E-state index contributed by atoms with van der Waals surface area (Å²) in [5.41, 5.74) is 10.4. The van der Waals surface area contributed by atoms with Crippen molar-refractivity contribution in [2.45, 2.75) is 6.92 Å². The van der Waals surface area contributed by atoms with Crippen molar-refractivity contribution in [2.75, 3.05) is 12.3 Å². The highest BCUT2D eigenvalue weighted by atomic mass is 16.5.